The monoisotopic (exact) mass is 259 g/mol. The van der Waals surface area contributed by atoms with Crippen LogP contribution in [0.4, 0.5) is 5.69 Å². The molecular weight excluding hydrogens is 234 g/mol. The summed E-state index contributed by atoms with van der Waals surface area (Å²) in [6.07, 6.45) is 1.92. The van der Waals surface area contributed by atoms with Crippen molar-refractivity contribution in [2.24, 2.45) is 10.4 Å². The fourth-order valence-electron chi connectivity index (χ4n) is 3.15. The lowest BCUT2D eigenvalue weighted by Gasteiger charge is -2.35. The molecule has 1 aromatic carbocycles. The summed E-state index contributed by atoms with van der Waals surface area (Å²) in [5, 5.41) is 0. The van der Waals surface area contributed by atoms with Gasteiger partial charge in [0.15, 0.2) is 0 Å². The second-order valence-corrected chi connectivity index (χ2v) is 6.26. The highest BCUT2D eigenvalue weighted by Crippen LogP contribution is 2.49. The Morgan fingerprint density at radius 1 is 1.21 bits per heavy atom. The first kappa shape index (κ1) is 14.3. The lowest BCUT2D eigenvalue weighted by atomic mass is 9.75. The van der Waals surface area contributed by atoms with Gasteiger partial charge >= 0.3 is 0 Å². The van der Waals surface area contributed by atoms with Gasteiger partial charge in [-0.1, -0.05) is 52.8 Å². The molecule has 0 saturated heterocycles. The maximum Gasteiger partial charge on any atom is 0.133 e. The summed E-state index contributed by atoms with van der Waals surface area (Å²) in [5.74, 6) is 0. The molecule has 0 spiro atoms. The predicted molar refractivity (Wildman–Crippen MR) is 81.3 cm³/mol. The lowest BCUT2D eigenvalue weighted by Crippen LogP contribution is -2.41. The zero-order chi connectivity index (χ0) is 14.3. The average Bonchev–Trinajstić information content (AvgIpc) is 2.73. The predicted octanol–water partition coefficient (Wildman–Crippen LogP) is 4.63. The Morgan fingerprint density at radius 3 is 2.37 bits per heavy atom. The number of para-hydroxylation sites is 1. The van der Waals surface area contributed by atoms with Gasteiger partial charge in [0, 0.05) is 18.1 Å². The molecule has 104 valence electrons. The Balaban J connectivity index is 2.71. The number of rotatable bonds is 3. The van der Waals surface area contributed by atoms with Crippen LogP contribution in [0.2, 0.25) is 0 Å². The zero-order valence-corrected chi connectivity index (χ0v) is 13.0. The number of fused-ring (bicyclic) bond motifs is 1. The molecule has 0 amide bonds. The summed E-state index contributed by atoms with van der Waals surface area (Å²) in [6, 6.07) is 6.47. The van der Waals surface area contributed by atoms with Gasteiger partial charge in [-0.3, -0.25) is 4.99 Å². The molecular formula is C17H25NO. The maximum absolute atomic E-state index is 5.98. The zero-order valence-electron chi connectivity index (χ0n) is 13.0. The van der Waals surface area contributed by atoms with E-state index in [2.05, 4.69) is 52.8 Å². The van der Waals surface area contributed by atoms with Crippen molar-refractivity contribution in [1.29, 1.82) is 0 Å². The van der Waals surface area contributed by atoms with Crippen molar-refractivity contribution in [1.82, 2.24) is 0 Å². The van der Waals surface area contributed by atoms with Crippen LogP contribution in [0.25, 0.3) is 0 Å². The first-order chi connectivity index (χ1) is 8.90. The molecule has 0 fully saturated rings. The number of benzene rings is 1. The Bertz CT molecular complexity index is 504. The summed E-state index contributed by atoms with van der Waals surface area (Å²) >= 11 is 0. The molecule has 1 aliphatic rings. The minimum atomic E-state index is -0.348. The van der Waals surface area contributed by atoms with E-state index in [-0.39, 0.29) is 11.0 Å². The van der Waals surface area contributed by atoms with Crippen molar-refractivity contribution in [3.8, 4) is 0 Å². The van der Waals surface area contributed by atoms with Gasteiger partial charge in [-0.2, -0.15) is 0 Å². The van der Waals surface area contributed by atoms with Crippen molar-refractivity contribution in [3.05, 3.63) is 29.3 Å². The van der Waals surface area contributed by atoms with Crippen LogP contribution in [-0.2, 0) is 16.8 Å². The van der Waals surface area contributed by atoms with Crippen molar-refractivity contribution in [3.63, 3.8) is 0 Å². The number of methoxy groups -OCH3 is 1. The van der Waals surface area contributed by atoms with Gasteiger partial charge in [-0.15, -0.1) is 0 Å². The maximum atomic E-state index is 5.98. The molecule has 1 aromatic rings. The molecule has 0 radical (unpaired) electrons. The lowest BCUT2D eigenvalue weighted by molar-refractivity contribution is 0.0405. The van der Waals surface area contributed by atoms with E-state index < -0.39 is 0 Å². The first-order valence-corrected chi connectivity index (χ1v) is 7.17. The van der Waals surface area contributed by atoms with Crippen molar-refractivity contribution >= 4 is 11.4 Å². The summed E-state index contributed by atoms with van der Waals surface area (Å²) in [6.45, 7) is 11.0. The van der Waals surface area contributed by atoms with Crippen LogP contribution in [0.5, 0.6) is 0 Å². The number of aliphatic imine (C=N–C) groups is 1. The van der Waals surface area contributed by atoms with E-state index in [0.29, 0.717) is 0 Å². The van der Waals surface area contributed by atoms with Gasteiger partial charge < -0.3 is 4.74 Å². The molecule has 0 bridgehead atoms. The molecule has 19 heavy (non-hydrogen) atoms. The van der Waals surface area contributed by atoms with Crippen LogP contribution in [0, 0.1) is 5.41 Å². The third kappa shape index (κ3) is 2.02. The Labute approximate surface area is 116 Å². The van der Waals surface area contributed by atoms with E-state index in [1.165, 1.54) is 11.1 Å². The van der Waals surface area contributed by atoms with Gasteiger partial charge in [0.2, 0.25) is 0 Å². The smallest absolute Gasteiger partial charge is 0.133 e. The quantitative estimate of drug-likeness (QED) is 0.775. The molecule has 2 rings (SSSR count). The minimum absolute atomic E-state index is 0.00997. The van der Waals surface area contributed by atoms with Crippen molar-refractivity contribution in [2.75, 3.05) is 7.11 Å². The number of ether oxygens (including phenoxy) is 1. The fourth-order valence-corrected chi connectivity index (χ4v) is 3.15. The second-order valence-electron chi connectivity index (χ2n) is 6.26. The highest BCUT2D eigenvalue weighted by atomic mass is 16.5. The molecule has 0 aromatic heterocycles. The average molecular weight is 259 g/mol. The van der Waals surface area contributed by atoms with E-state index in [0.717, 1.165) is 24.2 Å². The third-order valence-electron chi connectivity index (χ3n) is 4.10. The Morgan fingerprint density at radius 2 is 1.89 bits per heavy atom. The summed E-state index contributed by atoms with van der Waals surface area (Å²) < 4.78 is 5.98. The van der Waals surface area contributed by atoms with E-state index >= 15 is 0 Å². The first-order valence-electron chi connectivity index (χ1n) is 7.17. The molecule has 1 unspecified atom stereocenters. The van der Waals surface area contributed by atoms with Crippen LogP contribution >= 0.6 is 0 Å². The SMILES string of the molecule is CCc1cccc2c1N=C(C(C)(C)C)C2(CC)OC. The molecule has 2 heteroatoms. The highest BCUT2D eigenvalue weighted by molar-refractivity contribution is 6.04. The number of hydrogen-bond donors (Lipinski definition) is 0. The van der Waals surface area contributed by atoms with E-state index in [9.17, 15) is 0 Å². The minimum Gasteiger partial charge on any atom is -0.367 e. The Kier molecular flexibility index (Phi) is 3.57. The van der Waals surface area contributed by atoms with Gasteiger partial charge in [0.05, 0.1) is 11.4 Å². The van der Waals surface area contributed by atoms with Gasteiger partial charge in [-0.05, 0) is 18.4 Å². The molecule has 2 nitrogen and oxygen atoms in total. The van der Waals surface area contributed by atoms with Crippen LogP contribution in [0.1, 0.15) is 52.2 Å². The normalized spacial score (nSPS) is 22.3. The second kappa shape index (κ2) is 4.75. The summed E-state index contributed by atoms with van der Waals surface area (Å²) in [4.78, 5) is 4.98. The summed E-state index contributed by atoms with van der Waals surface area (Å²) in [5.41, 5.74) is 4.50. The largest absolute Gasteiger partial charge is 0.367 e. The van der Waals surface area contributed by atoms with Crippen LogP contribution in [0.3, 0.4) is 0 Å². The van der Waals surface area contributed by atoms with Crippen LogP contribution < -0.4 is 0 Å². The van der Waals surface area contributed by atoms with Gasteiger partial charge in [0.1, 0.15) is 5.60 Å². The van der Waals surface area contributed by atoms with Crippen LogP contribution in [0.15, 0.2) is 23.2 Å². The van der Waals surface area contributed by atoms with E-state index in [1.807, 2.05) is 0 Å². The van der Waals surface area contributed by atoms with Crippen LogP contribution in [-0.4, -0.2) is 12.8 Å². The summed E-state index contributed by atoms with van der Waals surface area (Å²) in [7, 11) is 1.80. The molecule has 0 saturated carbocycles. The van der Waals surface area contributed by atoms with Gasteiger partial charge in [0.25, 0.3) is 0 Å². The number of aryl methyl sites for hydroxylation is 1. The topological polar surface area (TPSA) is 21.6 Å². The Hall–Kier alpha value is -1.15. The van der Waals surface area contributed by atoms with Crippen molar-refractivity contribution < 1.29 is 4.74 Å². The molecule has 1 atom stereocenters. The fraction of sp³-hybridized carbons (Fsp3) is 0.588. The number of hydrogen-bond acceptors (Lipinski definition) is 2. The van der Waals surface area contributed by atoms with Gasteiger partial charge in [-0.25, -0.2) is 0 Å². The van der Waals surface area contributed by atoms with Crippen molar-refractivity contribution in [2.45, 2.75) is 53.1 Å². The number of nitrogens with zero attached hydrogens (tertiary/aromatic N) is 1. The molecule has 0 N–H and O–H groups in total. The van der Waals surface area contributed by atoms with E-state index in [1.54, 1.807) is 7.11 Å². The third-order valence-corrected chi connectivity index (χ3v) is 4.10. The standard InChI is InChI=1S/C17H25NO/c1-7-12-10-9-11-13-14(12)18-15(16(3,4)5)17(13,8-2)19-6/h9-11H,7-8H2,1-6H3. The molecule has 1 heterocycles. The van der Waals surface area contributed by atoms with E-state index in [4.69, 9.17) is 9.73 Å². The molecule has 1 aliphatic heterocycles. The highest BCUT2D eigenvalue weighted by Gasteiger charge is 2.47. The molecule has 0 aliphatic carbocycles.